The molecule has 4 aromatic heterocycles. The van der Waals surface area contributed by atoms with E-state index in [-0.39, 0.29) is 5.56 Å². The molecule has 0 spiro atoms. The summed E-state index contributed by atoms with van der Waals surface area (Å²) < 4.78 is 57.6. The highest BCUT2D eigenvalue weighted by molar-refractivity contribution is 5.91. The van der Waals surface area contributed by atoms with Crippen LogP contribution in [0.4, 0.5) is 23.2 Å². The number of hydrogen-bond donors (Lipinski definition) is 1. The van der Waals surface area contributed by atoms with Crippen LogP contribution in [0.5, 0.6) is 0 Å². The average molecular weight is 504 g/mol. The van der Waals surface area contributed by atoms with E-state index in [0.29, 0.717) is 57.9 Å². The van der Waals surface area contributed by atoms with Gasteiger partial charge in [0.1, 0.15) is 17.4 Å². The molecule has 1 aliphatic carbocycles. The van der Waals surface area contributed by atoms with Gasteiger partial charge in [-0.1, -0.05) is 0 Å². The third kappa shape index (κ3) is 3.58. The fraction of sp³-hybridized carbons (Fsp3) is 0.160. The summed E-state index contributed by atoms with van der Waals surface area (Å²) in [7, 11) is 0. The quantitative estimate of drug-likeness (QED) is 0.339. The molecule has 5 aromatic rings. The molecule has 1 aliphatic rings. The molecule has 0 bridgehead atoms. The van der Waals surface area contributed by atoms with Gasteiger partial charge in [-0.05, 0) is 36.2 Å². The molecule has 1 N–H and O–H groups in total. The number of pyridine rings is 1. The van der Waals surface area contributed by atoms with Gasteiger partial charge in [0.05, 0.1) is 17.6 Å². The summed E-state index contributed by atoms with van der Waals surface area (Å²) in [6.07, 6.45) is 2.95. The average Bonchev–Trinajstić information content (AvgIpc) is 3.60. The van der Waals surface area contributed by atoms with Gasteiger partial charge in [0.25, 0.3) is 0 Å². The minimum Gasteiger partial charge on any atom is -0.385 e. The zero-order valence-corrected chi connectivity index (χ0v) is 19.2. The van der Waals surface area contributed by atoms with Crippen LogP contribution >= 0.6 is 0 Å². The summed E-state index contributed by atoms with van der Waals surface area (Å²) in [6.45, 7) is 2.45. The summed E-state index contributed by atoms with van der Waals surface area (Å²) in [5, 5.41) is 20.4. The Morgan fingerprint density at radius 2 is 1.97 bits per heavy atom. The Labute approximate surface area is 206 Å². The van der Waals surface area contributed by atoms with Crippen LogP contribution in [0.25, 0.3) is 33.6 Å². The molecule has 0 saturated heterocycles. The highest BCUT2D eigenvalue weighted by Crippen LogP contribution is 2.46. The Hall–Kier alpha value is -4.79. The lowest BCUT2D eigenvalue weighted by Crippen LogP contribution is -2.09. The molecule has 4 heterocycles. The highest BCUT2D eigenvalue weighted by atomic mass is 19.4. The van der Waals surface area contributed by atoms with Crippen LogP contribution in [-0.2, 0) is 12.6 Å². The van der Waals surface area contributed by atoms with Crippen molar-refractivity contribution < 1.29 is 17.6 Å². The third-order valence-electron chi connectivity index (χ3n) is 6.22. The number of rotatable bonds is 4. The molecule has 0 saturated carbocycles. The first-order valence-electron chi connectivity index (χ1n) is 11.2. The molecular formula is C25H16F4N8. The SMILES string of the molecule is CCNc1cc(F)cc2c1Cc1ncc(-c3cnc4c(C#N)cnn4c3)c(-n3ccc(C(F)(F)F)n3)c1-2. The van der Waals surface area contributed by atoms with Crippen molar-refractivity contribution in [3.63, 3.8) is 0 Å². The lowest BCUT2D eigenvalue weighted by Gasteiger charge is -2.16. The van der Waals surface area contributed by atoms with Crippen molar-refractivity contribution >= 4 is 11.3 Å². The van der Waals surface area contributed by atoms with Gasteiger partial charge in [-0.15, -0.1) is 0 Å². The Balaban J connectivity index is 1.64. The number of nitriles is 1. The fourth-order valence-electron chi connectivity index (χ4n) is 4.66. The standard InChI is InChI=1S/C25H16F4N8/c1-2-31-19-6-15(26)5-17-16(19)7-20-22(17)23(36-4-3-21(35-36)25(27,28)29)18(11-32-20)14-9-33-24-13(8-30)10-34-37(24)12-14/h3-6,9-12,31H,2,7H2,1H3. The highest BCUT2D eigenvalue weighted by Gasteiger charge is 2.35. The minimum absolute atomic E-state index is 0.279. The molecule has 8 nitrogen and oxygen atoms in total. The molecule has 0 amide bonds. The molecule has 0 radical (unpaired) electrons. The Morgan fingerprint density at radius 3 is 2.70 bits per heavy atom. The zero-order chi connectivity index (χ0) is 25.9. The summed E-state index contributed by atoms with van der Waals surface area (Å²) >= 11 is 0. The van der Waals surface area contributed by atoms with E-state index in [1.165, 1.54) is 41.4 Å². The summed E-state index contributed by atoms with van der Waals surface area (Å²) in [5.41, 5.74) is 3.75. The Kier molecular flexibility index (Phi) is 4.98. The van der Waals surface area contributed by atoms with Gasteiger partial charge >= 0.3 is 6.18 Å². The van der Waals surface area contributed by atoms with Crippen LogP contribution in [0, 0.1) is 17.1 Å². The first-order chi connectivity index (χ1) is 17.8. The number of alkyl halides is 3. The van der Waals surface area contributed by atoms with E-state index in [2.05, 4.69) is 25.5 Å². The Morgan fingerprint density at radius 1 is 1.14 bits per heavy atom. The van der Waals surface area contributed by atoms with E-state index in [1.54, 1.807) is 6.20 Å². The number of nitrogens with one attached hydrogen (secondary N) is 1. The van der Waals surface area contributed by atoms with Gasteiger partial charge in [0.15, 0.2) is 11.3 Å². The van der Waals surface area contributed by atoms with Gasteiger partial charge in [0, 0.05) is 60.1 Å². The fourth-order valence-corrected chi connectivity index (χ4v) is 4.66. The van der Waals surface area contributed by atoms with Gasteiger partial charge in [-0.25, -0.2) is 18.6 Å². The van der Waals surface area contributed by atoms with Crippen molar-refractivity contribution in [3.8, 4) is 34.0 Å². The maximum Gasteiger partial charge on any atom is 0.435 e. The van der Waals surface area contributed by atoms with E-state index in [0.717, 1.165) is 16.3 Å². The number of fused-ring (bicyclic) bond motifs is 4. The van der Waals surface area contributed by atoms with Gasteiger partial charge < -0.3 is 5.32 Å². The Bertz CT molecular complexity index is 1740. The normalized spacial score (nSPS) is 12.4. The summed E-state index contributed by atoms with van der Waals surface area (Å²) in [4.78, 5) is 8.93. The van der Waals surface area contributed by atoms with Crippen LogP contribution in [0.1, 0.15) is 29.4 Å². The number of halogens is 4. The molecule has 0 fully saturated rings. The van der Waals surface area contributed by atoms with E-state index < -0.39 is 17.7 Å². The second-order valence-electron chi connectivity index (χ2n) is 8.45. The number of benzene rings is 1. The molecule has 0 aliphatic heterocycles. The van der Waals surface area contributed by atoms with Crippen molar-refractivity contribution in [2.75, 3.05) is 11.9 Å². The van der Waals surface area contributed by atoms with Crippen molar-refractivity contribution in [2.24, 2.45) is 0 Å². The van der Waals surface area contributed by atoms with Crippen LogP contribution in [-0.4, -0.2) is 35.9 Å². The molecule has 6 rings (SSSR count). The molecule has 1 aromatic carbocycles. The third-order valence-corrected chi connectivity index (χ3v) is 6.22. The van der Waals surface area contributed by atoms with E-state index in [1.807, 2.05) is 13.0 Å². The molecule has 12 heteroatoms. The van der Waals surface area contributed by atoms with Crippen LogP contribution in [0.3, 0.4) is 0 Å². The van der Waals surface area contributed by atoms with Crippen molar-refractivity contribution in [3.05, 3.63) is 77.5 Å². The molecule has 37 heavy (non-hydrogen) atoms. The predicted molar refractivity (Wildman–Crippen MR) is 125 cm³/mol. The van der Waals surface area contributed by atoms with Gasteiger partial charge in [-0.2, -0.15) is 28.6 Å². The lowest BCUT2D eigenvalue weighted by molar-refractivity contribution is -0.141. The molecule has 0 atom stereocenters. The topological polar surface area (TPSA) is 96.7 Å². The smallest absolute Gasteiger partial charge is 0.385 e. The zero-order valence-electron chi connectivity index (χ0n) is 19.2. The maximum atomic E-state index is 14.7. The van der Waals surface area contributed by atoms with E-state index >= 15 is 0 Å². The van der Waals surface area contributed by atoms with Gasteiger partial charge in [-0.3, -0.25) is 4.98 Å². The van der Waals surface area contributed by atoms with Crippen molar-refractivity contribution in [1.29, 1.82) is 5.26 Å². The first kappa shape index (κ1) is 22.7. The van der Waals surface area contributed by atoms with E-state index in [9.17, 15) is 22.8 Å². The predicted octanol–water partition coefficient (Wildman–Crippen LogP) is 5.01. The second kappa shape index (κ2) is 8.12. The largest absolute Gasteiger partial charge is 0.435 e. The molecule has 0 unspecified atom stereocenters. The van der Waals surface area contributed by atoms with Crippen LogP contribution in [0.2, 0.25) is 0 Å². The molecular weight excluding hydrogens is 488 g/mol. The van der Waals surface area contributed by atoms with Crippen molar-refractivity contribution in [1.82, 2.24) is 29.4 Å². The summed E-state index contributed by atoms with van der Waals surface area (Å²) in [5.74, 6) is -0.487. The minimum atomic E-state index is -4.65. The van der Waals surface area contributed by atoms with Crippen LogP contribution in [0.15, 0.2) is 49.2 Å². The van der Waals surface area contributed by atoms with Crippen LogP contribution < -0.4 is 5.32 Å². The van der Waals surface area contributed by atoms with Gasteiger partial charge in [0.2, 0.25) is 0 Å². The van der Waals surface area contributed by atoms with Crippen molar-refractivity contribution in [2.45, 2.75) is 19.5 Å². The molecule has 184 valence electrons. The van der Waals surface area contributed by atoms with E-state index in [4.69, 9.17) is 0 Å². The number of anilines is 1. The second-order valence-corrected chi connectivity index (χ2v) is 8.45. The first-order valence-corrected chi connectivity index (χ1v) is 11.2. The summed E-state index contributed by atoms with van der Waals surface area (Å²) in [6, 6.07) is 5.65. The maximum absolute atomic E-state index is 14.7. The lowest BCUT2D eigenvalue weighted by atomic mass is 9.99. The number of nitrogens with zero attached hydrogens (tertiary/aromatic N) is 7. The number of hydrogen-bond acceptors (Lipinski definition) is 6. The monoisotopic (exact) mass is 504 g/mol. The number of aromatic nitrogens is 6.